The van der Waals surface area contributed by atoms with E-state index < -0.39 is 0 Å². The van der Waals surface area contributed by atoms with Crippen molar-refractivity contribution < 1.29 is 9.15 Å². The summed E-state index contributed by atoms with van der Waals surface area (Å²) in [5.41, 5.74) is 1.71. The summed E-state index contributed by atoms with van der Waals surface area (Å²) in [5, 5.41) is 0.523. The molecule has 0 saturated heterocycles. The summed E-state index contributed by atoms with van der Waals surface area (Å²) in [4.78, 5) is 4.48. The normalized spacial score (nSPS) is 10.6. The molecule has 0 aliphatic carbocycles. The Morgan fingerprint density at radius 2 is 1.95 bits per heavy atom. The molecule has 4 heteroatoms. The lowest BCUT2D eigenvalue weighted by Crippen LogP contribution is -1.97. The van der Waals surface area contributed by atoms with E-state index in [0.29, 0.717) is 23.3 Å². The van der Waals surface area contributed by atoms with Gasteiger partial charge in [-0.15, -0.1) is 0 Å². The van der Waals surface area contributed by atoms with Gasteiger partial charge in [0.25, 0.3) is 0 Å². The number of rotatable bonds is 4. The summed E-state index contributed by atoms with van der Waals surface area (Å²) < 4.78 is 11.3. The average Bonchev–Trinajstić information content (AvgIpc) is 2.87. The van der Waals surface area contributed by atoms with Crippen LogP contribution in [0.4, 0.5) is 0 Å². The molecular weight excluding hydrogens is 286 g/mol. The number of ether oxygens (including phenoxy) is 1. The van der Waals surface area contributed by atoms with Crippen LogP contribution >= 0.6 is 11.6 Å². The highest BCUT2D eigenvalue weighted by Crippen LogP contribution is 2.23. The van der Waals surface area contributed by atoms with Gasteiger partial charge in [0.2, 0.25) is 5.89 Å². The first-order chi connectivity index (χ1) is 10.2. The summed E-state index contributed by atoms with van der Waals surface area (Å²) in [6.45, 7) is 2.19. The van der Waals surface area contributed by atoms with Gasteiger partial charge in [-0.2, -0.15) is 0 Å². The van der Waals surface area contributed by atoms with Crippen molar-refractivity contribution in [2.24, 2.45) is 0 Å². The van der Waals surface area contributed by atoms with Crippen LogP contribution in [-0.4, -0.2) is 4.98 Å². The fraction of sp³-hybridized carbons (Fsp3) is 0.118. The van der Waals surface area contributed by atoms with Crippen LogP contribution in [0.5, 0.6) is 5.75 Å². The first-order valence-electron chi connectivity index (χ1n) is 6.55. The number of aryl methyl sites for hydroxylation is 1. The smallest absolute Gasteiger partial charge is 0.226 e. The molecule has 105 valence electrons. The minimum atomic E-state index is 0.318. The molecule has 21 heavy (non-hydrogen) atoms. The van der Waals surface area contributed by atoms with E-state index in [1.54, 1.807) is 12.1 Å². The van der Waals surface area contributed by atoms with Crippen molar-refractivity contribution >= 4 is 11.6 Å². The van der Waals surface area contributed by atoms with E-state index in [0.717, 1.165) is 17.0 Å². The Kier molecular flexibility index (Phi) is 3.93. The van der Waals surface area contributed by atoms with Crippen LogP contribution in [0.2, 0.25) is 5.02 Å². The van der Waals surface area contributed by atoms with Crippen molar-refractivity contribution in [1.29, 1.82) is 0 Å². The van der Waals surface area contributed by atoms with Crippen LogP contribution in [0.1, 0.15) is 11.5 Å². The molecule has 2 aromatic carbocycles. The van der Waals surface area contributed by atoms with Gasteiger partial charge in [-0.05, 0) is 31.2 Å². The molecule has 1 radical (unpaired) electrons. The summed E-state index contributed by atoms with van der Waals surface area (Å²) >= 11 is 5.87. The lowest BCUT2D eigenvalue weighted by molar-refractivity contribution is 0.299. The predicted molar refractivity (Wildman–Crippen MR) is 81.3 cm³/mol. The monoisotopic (exact) mass is 298 g/mol. The average molecular weight is 299 g/mol. The van der Waals surface area contributed by atoms with Crippen molar-refractivity contribution in [3.63, 3.8) is 0 Å². The maximum atomic E-state index is 5.87. The van der Waals surface area contributed by atoms with Crippen molar-refractivity contribution in [2.75, 3.05) is 0 Å². The third-order valence-electron chi connectivity index (χ3n) is 3.01. The minimum Gasteiger partial charge on any atom is -0.486 e. The zero-order valence-corrected chi connectivity index (χ0v) is 12.2. The van der Waals surface area contributed by atoms with Gasteiger partial charge in [-0.1, -0.05) is 35.9 Å². The Labute approximate surface area is 128 Å². The van der Waals surface area contributed by atoms with Gasteiger partial charge in [0.1, 0.15) is 23.8 Å². The highest BCUT2D eigenvalue weighted by atomic mass is 35.5. The van der Waals surface area contributed by atoms with Crippen molar-refractivity contribution in [3.8, 4) is 17.2 Å². The standard InChI is InChI=1S/C17H13ClNO2/c1-12-16(11-20-15-9-5-8-14(18)10-15)19-17(21-12)13-6-3-2-4-7-13/h2-9H,11H2,1H3. The molecule has 3 nitrogen and oxygen atoms in total. The van der Waals surface area contributed by atoms with Crippen molar-refractivity contribution in [1.82, 2.24) is 4.98 Å². The Morgan fingerprint density at radius 3 is 2.71 bits per heavy atom. The first kappa shape index (κ1) is 13.7. The highest BCUT2D eigenvalue weighted by molar-refractivity contribution is 6.30. The topological polar surface area (TPSA) is 35.3 Å². The van der Waals surface area contributed by atoms with Gasteiger partial charge in [0.05, 0.1) is 5.02 Å². The lowest BCUT2D eigenvalue weighted by Gasteiger charge is -2.03. The van der Waals surface area contributed by atoms with Gasteiger partial charge in [0, 0.05) is 11.6 Å². The molecule has 0 amide bonds. The summed E-state index contributed by atoms with van der Waals surface area (Å²) in [7, 11) is 0. The fourth-order valence-electron chi connectivity index (χ4n) is 1.92. The molecule has 0 unspecified atom stereocenters. The molecule has 0 bridgehead atoms. The van der Waals surface area contributed by atoms with E-state index in [2.05, 4.69) is 11.1 Å². The predicted octanol–water partition coefficient (Wildman–Crippen LogP) is 4.68. The summed E-state index contributed by atoms with van der Waals surface area (Å²) in [5.74, 6) is 1.93. The van der Waals surface area contributed by atoms with E-state index >= 15 is 0 Å². The largest absolute Gasteiger partial charge is 0.486 e. The van der Waals surface area contributed by atoms with Crippen LogP contribution in [-0.2, 0) is 6.61 Å². The maximum absolute atomic E-state index is 5.87. The SMILES string of the molecule is Cc1oc(-c2ccccc2)nc1COc1[c]c(Cl)ccc1. The first-order valence-corrected chi connectivity index (χ1v) is 6.92. The number of aromatic nitrogens is 1. The van der Waals surface area contributed by atoms with Crippen molar-refractivity contribution in [3.05, 3.63) is 71.1 Å². The number of hydrogen-bond donors (Lipinski definition) is 0. The zero-order valence-electron chi connectivity index (χ0n) is 11.5. The molecule has 0 saturated carbocycles. The summed E-state index contributed by atoms with van der Waals surface area (Å²) in [6.07, 6.45) is 0. The Morgan fingerprint density at radius 1 is 1.14 bits per heavy atom. The second-order valence-corrected chi connectivity index (χ2v) is 4.95. The maximum Gasteiger partial charge on any atom is 0.226 e. The molecule has 0 atom stereocenters. The van der Waals surface area contributed by atoms with E-state index in [-0.39, 0.29) is 0 Å². The Balaban J connectivity index is 1.76. The molecule has 0 fully saturated rings. The van der Waals surface area contributed by atoms with Gasteiger partial charge >= 0.3 is 0 Å². The molecule has 0 aliphatic heterocycles. The molecular formula is C17H13ClNO2. The van der Waals surface area contributed by atoms with E-state index in [1.165, 1.54) is 0 Å². The molecule has 0 aliphatic rings. The second-order valence-electron chi connectivity index (χ2n) is 4.54. The van der Waals surface area contributed by atoms with E-state index in [4.69, 9.17) is 20.8 Å². The fourth-order valence-corrected chi connectivity index (χ4v) is 2.08. The highest BCUT2D eigenvalue weighted by Gasteiger charge is 2.11. The van der Waals surface area contributed by atoms with Crippen LogP contribution in [0.25, 0.3) is 11.5 Å². The van der Waals surface area contributed by atoms with Gasteiger partial charge in [0.15, 0.2) is 0 Å². The zero-order chi connectivity index (χ0) is 14.7. The number of halogens is 1. The number of benzene rings is 2. The van der Waals surface area contributed by atoms with Crippen LogP contribution in [0.15, 0.2) is 52.9 Å². The third-order valence-corrected chi connectivity index (χ3v) is 3.23. The van der Waals surface area contributed by atoms with Crippen LogP contribution in [0.3, 0.4) is 0 Å². The quantitative estimate of drug-likeness (QED) is 0.701. The Bertz CT molecular complexity index is 738. The third kappa shape index (κ3) is 3.26. The van der Waals surface area contributed by atoms with Crippen molar-refractivity contribution in [2.45, 2.75) is 13.5 Å². The Hall–Kier alpha value is -2.26. The van der Waals surface area contributed by atoms with Crippen LogP contribution in [0, 0.1) is 13.0 Å². The lowest BCUT2D eigenvalue weighted by atomic mass is 10.2. The number of nitrogens with zero attached hydrogens (tertiary/aromatic N) is 1. The molecule has 0 spiro atoms. The number of hydrogen-bond acceptors (Lipinski definition) is 3. The van der Waals surface area contributed by atoms with Crippen LogP contribution < -0.4 is 4.74 Å². The molecule has 3 aromatic rings. The second kappa shape index (κ2) is 6.02. The molecule has 1 aromatic heterocycles. The van der Waals surface area contributed by atoms with E-state index in [9.17, 15) is 0 Å². The van der Waals surface area contributed by atoms with Gasteiger partial charge in [-0.25, -0.2) is 4.98 Å². The van der Waals surface area contributed by atoms with Gasteiger partial charge in [-0.3, -0.25) is 0 Å². The van der Waals surface area contributed by atoms with Gasteiger partial charge < -0.3 is 9.15 Å². The molecule has 1 heterocycles. The minimum absolute atomic E-state index is 0.318. The molecule has 0 N–H and O–H groups in total. The van der Waals surface area contributed by atoms with E-state index in [1.807, 2.05) is 43.3 Å². The number of oxazole rings is 1. The molecule has 3 rings (SSSR count). The summed E-state index contributed by atoms with van der Waals surface area (Å²) in [6, 6.07) is 18.1.